The predicted molar refractivity (Wildman–Crippen MR) is 419 cm³/mol. The first-order chi connectivity index (χ1) is 51.3. The van der Waals surface area contributed by atoms with Gasteiger partial charge in [-0.3, -0.25) is 38.8 Å². The minimum Gasteiger partial charge on any atom is -0.444 e. The molecule has 0 aliphatic carbocycles. The van der Waals surface area contributed by atoms with Crippen LogP contribution < -0.4 is 21.3 Å². The second-order valence-corrected chi connectivity index (χ2v) is 32.0. The van der Waals surface area contributed by atoms with Gasteiger partial charge in [0.15, 0.2) is 0 Å². The summed E-state index contributed by atoms with van der Waals surface area (Å²) >= 11 is 0. The number of hydrogen-bond acceptors (Lipinski definition) is 14. The Hall–Kier alpha value is -11.6. The number of benzene rings is 4. The van der Waals surface area contributed by atoms with Gasteiger partial charge in [0, 0.05) is 116 Å². The van der Waals surface area contributed by atoms with Crippen LogP contribution in [0.3, 0.4) is 0 Å². The molecule has 8 bridgehead atoms. The van der Waals surface area contributed by atoms with Crippen molar-refractivity contribution < 1.29 is 57.3 Å². The topological polar surface area (TPSA) is 292 Å². The number of nitrogens with one attached hydrogen (secondary N) is 6. The molecule has 24 heteroatoms. The molecule has 6 aliphatic rings. The zero-order valence-electron chi connectivity index (χ0n) is 63.2. The number of aromatic amines is 2. The monoisotopic (exact) mass is 1460 g/mol. The number of para-hydroxylation sites is 4. The van der Waals surface area contributed by atoms with Gasteiger partial charge in [-0.1, -0.05) is 72.8 Å². The minimum absolute atomic E-state index is 0.329. The summed E-state index contributed by atoms with van der Waals surface area (Å²) in [5.41, 5.74) is 6.79. The molecule has 8 amide bonds. The van der Waals surface area contributed by atoms with Gasteiger partial charge in [-0.2, -0.15) is 0 Å². The normalized spacial score (nSPS) is 17.9. The number of fused-ring (bicyclic) bond motifs is 8. The summed E-state index contributed by atoms with van der Waals surface area (Å²) < 4.78 is 23.2. The number of carbonyl (C=O) groups is 8. The number of H-pyrrole nitrogens is 2. The molecular formula is C84H94N12O12. The average molecular weight is 1460 g/mol. The highest BCUT2D eigenvalue weighted by Gasteiger charge is 2.42. The van der Waals surface area contributed by atoms with Crippen molar-refractivity contribution in [2.45, 2.75) is 181 Å². The largest absolute Gasteiger partial charge is 0.444 e. The van der Waals surface area contributed by atoms with Crippen LogP contribution in [0.2, 0.25) is 0 Å². The Balaban J connectivity index is 1.05. The molecule has 562 valence electrons. The van der Waals surface area contributed by atoms with Crippen molar-refractivity contribution in [1.29, 1.82) is 0 Å². The first-order valence-electron chi connectivity index (χ1n) is 37.1. The standard InChI is InChI=1S/C84H94N12O12/c1-81(2,3)105-77(101)93-45-21-33-65(93)73(97)89-53-29-17-13-25-49(53)69-57-37-39-59(85-57)70(50-26-14-18-30-54(50)90-74(98)66-34-22-46-94(66)78(102)106-82(4,5)6)61-41-43-63(87-61)72(52-28-16-20-32-56(52)92-76(100)68-36-24-48-96(68)80(104)108-84(10,11)12)64-44-42-62(88-64)71(60-40-38-58(69)86-60)51-27-15-19-31-55(51)91-75(99)67-35-23-47-95(67)79(103)107-83(7,8)9/h13-20,25-32,37-44,65-68,85,88H,21-24,33-36,45-48H2,1-12H3,(H,89,97)(H,90,98)(H,91,99)(H,92,100)/t65-,66-,67-,68-/m0/s1. The van der Waals surface area contributed by atoms with Gasteiger partial charge in [0.2, 0.25) is 23.6 Å². The molecule has 0 unspecified atom stereocenters. The molecule has 108 heavy (non-hydrogen) atoms. The summed E-state index contributed by atoms with van der Waals surface area (Å²) in [6.07, 6.45) is 9.15. The summed E-state index contributed by atoms with van der Waals surface area (Å²) in [4.78, 5) is 139. The number of ether oxygens (including phenoxy) is 4. The van der Waals surface area contributed by atoms with E-state index in [1.165, 1.54) is 19.6 Å². The minimum atomic E-state index is -0.847. The molecule has 24 nitrogen and oxygen atoms in total. The molecule has 4 atom stereocenters. The Morgan fingerprint density at radius 1 is 0.324 bits per heavy atom. The Morgan fingerprint density at radius 2 is 0.528 bits per heavy atom. The number of rotatable bonds is 12. The summed E-state index contributed by atoms with van der Waals surface area (Å²) in [5, 5.41) is 12.9. The van der Waals surface area contributed by atoms with Crippen molar-refractivity contribution in [2.24, 2.45) is 0 Å². The number of amides is 8. The molecule has 0 saturated carbocycles. The maximum absolute atomic E-state index is 14.9. The van der Waals surface area contributed by atoms with E-state index in [0.717, 1.165) is 0 Å². The Bertz CT molecular complexity index is 4380. The number of nitrogens with zero attached hydrogens (tertiary/aromatic N) is 6. The lowest BCUT2D eigenvalue weighted by Gasteiger charge is -2.28. The fraction of sp³-hybridized carbons (Fsp3) is 0.381. The third-order valence-corrected chi connectivity index (χ3v) is 19.3. The molecule has 13 rings (SSSR count). The number of anilines is 4. The number of hydrogen-bond donors (Lipinski definition) is 6. The molecule has 4 fully saturated rings. The smallest absolute Gasteiger partial charge is 0.410 e. The Morgan fingerprint density at radius 3 is 0.731 bits per heavy atom. The summed E-state index contributed by atoms with van der Waals surface area (Å²) in [6, 6.07) is 33.8. The molecule has 4 aromatic carbocycles. The number of carbonyl (C=O) groups excluding carboxylic acids is 8. The highest BCUT2D eigenvalue weighted by atomic mass is 16.6. The lowest BCUT2D eigenvalue weighted by molar-refractivity contribution is -0.121. The van der Waals surface area contributed by atoms with E-state index >= 15 is 0 Å². The molecule has 0 radical (unpaired) electrons. The second-order valence-electron chi connectivity index (χ2n) is 32.0. The van der Waals surface area contributed by atoms with Gasteiger partial charge in [-0.25, -0.2) is 29.1 Å². The van der Waals surface area contributed by atoms with Crippen molar-refractivity contribution in [2.75, 3.05) is 47.4 Å². The van der Waals surface area contributed by atoms with Crippen LogP contribution >= 0.6 is 0 Å². The van der Waals surface area contributed by atoms with E-state index < -0.39 is 94.6 Å². The van der Waals surface area contributed by atoms with Crippen LogP contribution in [0.1, 0.15) is 157 Å². The average Bonchev–Trinajstić information content (AvgIpc) is 1.58. The Kier molecular flexibility index (Phi) is 20.8. The van der Waals surface area contributed by atoms with Crippen LogP contribution in [-0.2, 0) is 38.1 Å². The van der Waals surface area contributed by atoms with Gasteiger partial charge in [0.1, 0.15) is 46.6 Å². The second kappa shape index (κ2) is 30.0. The van der Waals surface area contributed by atoms with Crippen molar-refractivity contribution in [3.05, 3.63) is 144 Å². The van der Waals surface area contributed by atoms with E-state index in [4.69, 9.17) is 28.9 Å². The fourth-order valence-electron chi connectivity index (χ4n) is 14.8. The van der Waals surface area contributed by atoms with Gasteiger partial charge in [-0.15, -0.1) is 0 Å². The van der Waals surface area contributed by atoms with Crippen LogP contribution in [-0.4, -0.2) is 160 Å². The van der Waals surface area contributed by atoms with Crippen LogP contribution in [0, 0.1) is 0 Å². The van der Waals surface area contributed by atoms with Gasteiger partial charge in [0.25, 0.3) is 0 Å². The van der Waals surface area contributed by atoms with Crippen molar-refractivity contribution in [3.8, 4) is 44.5 Å². The van der Waals surface area contributed by atoms with E-state index in [-0.39, 0.29) is 0 Å². The van der Waals surface area contributed by atoms with E-state index in [9.17, 15) is 38.4 Å². The molecular weight excluding hydrogens is 1370 g/mol. The van der Waals surface area contributed by atoms with Crippen LogP contribution in [0.25, 0.3) is 90.9 Å². The first kappa shape index (κ1) is 74.7. The summed E-state index contributed by atoms with van der Waals surface area (Å²) in [7, 11) is 0. The maximum atomic E-state index is 14.9. The van der Waals surface area contributed by atoms with Gasteiger partial charge >= 0.3 is 24.4 Å². The van der Waals surface area contributed by atoms with Crippen LogP contribution in [0.5, 0.6) is 0 Å². The molecule has 7 aromatic rings. The van der Waals surface area contributed by atoms with Crippen molar-refractivity contribution >= 4 is 117 Å². The van der Waals surface area contributed by atoms with Crippen LogP contribution in [0.4, 0.5) is 41.9 Å². The fourth-order valence-corrected chi connectivity index (χ4v) is 14.8. The number of likely N-dealkylation sites (tertiary alicyclic amines) is 4. The SMILES string of the molecule is CC(C)(C)OC(=O)N1CCC[C@H]1C(=O)Nc1ccccc1-c1c2nc(c(-c3ccccc3NC(=O)[C@@H]3CCCN3C(=O)OC(C)(C)C)c3ccc([nH]3)c(-c3ccccc3NC(=O)[C@@H]3CCCN3C(=O)OC(C)(C)C)c3nc(c(-c4ccccc4NC(=O)[C@@H]4CCCN4C(=O)OC(C)(C)C)c4ccc1[nH]4)C=C3)C=C2. The Labute approximate surface area is 628 Å². The third-order valence-electron chi connectivity index (χ3n) is 19.3. The maximum Gasteiger partial charge on any atom is 0.410 e. The molecule has 6 N–H and O–H groups in total. The van der Waals surface area contributed by atoms with Gasteiger partial charge in [-0.05, 0) is 207 Å². The van der Waals surface area contributed by atoms with E-state index in [1.807, 2.05) is 121 Å². The zero-order chi connectivity index (χ0) is 76.7. The summed E-state index contributed by atoms with van der Waals surface area (Å²) in [6.45, 7) is 22.7. The zero-order valence-corrected chi connectivity index (χ0v) is 63.2. The summed E-state index contributed by atoms with van der Waals surface area (Å²) in [5.74, 6) is -1.65. The quantitative estimate of drug-likeness (QED) is 0.0620. The van der Waals surface area contributed by atoms with E-state index in [1.54, 1.807) is 107 Å². The van der Waals surface area contributed by atoms with E-state index in [2.05, 4.69) is 31.2 Å². The molecule has 6 aliphatic heterocycles. The highest BCUT2D eigenvalue weighted by Crippen LogP contribution is 2.44. The third kappa shape index (κ3) is 16.4. The van der Waals surface area contributed by atoms with Gasteiger partial charge in [0.05, 0.1) is 22.8 Å². The number of aromatic nitrogens is 4. The van der Waals surface area contributed by atoms with Crippen molar-refractivity contribution in [1.82, 2.24) is 39.5 Å². The highest BCUT2D eigenvalue weighted by molar-refractivity contribution is 6.09. The molecule has 0 spiro atoms. The van der Waals surface area contributed by atoms with Crippen LogP contribution in [0.15, 0.2) is 121 Å². The lowest BCUT2D eigenvalue weighted by atomic mass is 10.0. The predicted octanol–water partition coefficient (Wildman–Crippen LogP) is 16.7. The molecule has 4 saturated heterocycles. The van der Waals surface area contributed by atoms with Gasteiger partial charge < -0.3 is 50.2 Å². The first-order valence-corrected chi connectivity index (χ1v) is 37.1. The molecule has 9 heterocycles. The van der Waals surface area contributed by atoms with E-state index in [0.29, 0.717) is 190 Å². The van der Waals surface area contributed by atoms with Crippen molar-refractivity contribution in [3.63, 3.8) is 0 Å². The lowest BCUT2D eigenvalue weighted by Crippen LogP contribution is -2.45. The molecule has 3 aromatic heterocycles.